The zero-order chi connectivity index (χ0) is 17.0. The molecule has 1 aromatic rings. The summed E-state index contributed by atoms with van der Waals surface area (Å²) < 4.78 is 55.5. The second-order valence-corrected chi connectivity index (χ2v) is 4.76. The van der Waals surface area contributed by atoms with Crippen molar-refractivity contribution in [1.82, 2.24) is 9.97 Å². The summed E-state index contributed by atoms with van der Waals surface area (Å²) in [5.74, 6) is -0.831. The molecule has 0 spiro atoms. The van der Waals surface area contributed by atoms with Crippen LogP contribution in [0, 0.1) is 5.92 Å². The second-order valence-electron chi connectivity index (χ2n) is 4.76. The number of aliphatic hydroxyl groups excluding tert-OH is 1. The van der Waals surface area contributed by atoms with E-state index in [4.69, 9.17) is 4.74 Å². The molecule has 2 rings (SSSR count). The van der Waals surface area contributed by atoms with E-state index in [0.29, 0.717) is 11.9 Å². The van der Waals surface area contributed by atoms with Crippen molar-refractivity contribution in [2.45, 2.75) is 12.3 Å². The summed E-state index contributed by atoms with van der Waals surface area (Å²) in [7, 11) is 1.32. The van der Waals surface area contributed by atoms with Gasteiger partial charge in [-0.05, 0) is 6.08 Å². The molecule has 0 radical (unpaired) electrons. The van der Waals surface area contributed by atoms with Crippen molar-refractivity contribution in [1.29, 1.82) is 0 Å². The fraction of sp³-hybridized carbons (Fsp3) is 0.538. The van der Waals surface area contributed by atoms with Crippen molar-refractivity contribution in [3.8, 4) is 0 Å². The first-order valence-corrected chi connectivity index (χ1v) is 6.79. The van der Waals surface area contributed by atoms with E-state index in [1.165, 1.54) is 7.05 Å². The van der Waals surface area contributed by atoms with Crippen LogP contribution < -0.4 is 10.6 Å². The van der Waals surface area contributed by atoms with E-state index in [2.05, 4.69) is 20.6 Å². The summed E-state index contributed by atoms with van der Waals surface area (Å²) in [5, 5.41) is 14.4. The summed E-state index contributed by atoms with van der Waals surface area (Å²) in [4.78, 5) is 7.38. The van der Waals surface area contributed by atoms with Gasteiger partial charge in [0.25, 0.3) is 0 Å². The molecule has 1 aliphatic rings. The Morgan fingerprint density at radius 2 is 2.13 bits per heavy atom. The maximum atomic E-state index is 12.8. The summed E-state index contributed by atoms with van der Waals surface area (Å²) in [6, 6.07) is 0. The number of rotatable bonds is 7. The number of hydrogen-bond donors (Lipinski definition) is 3. The zero-order valence-corrected chi connectivity index (χ0v) is 12.2. The third-order valence-corrected chi connectivity index (χ3v) is 3.31. The predicted molar refractivity (Wildman–Crippen MR) is 74.6 cm³/mol. The van der Waals surface area contributed by atoms with Crippen LogP contribution in [0.1, 0.15) is 5.56 Å². The average Bonchev–Trinajstić information content (AvgIpc) is 2.49. The van der Waals surface area contributed by atoms with Crippen molar-refractivity contribution < 1.29 is 27.4 Å². The first-order valence-electron chi connectivity index (χ1n) is 6.79. The first kappa shape index (κ1) is 17.4. The van der Waals surface area contributed by atoms with E-state index in [1.807, 2.05) is 0 Å². The fourth-order valence-electron chi connectivity index (χ4n) is 2.13. The molecule has 128 valence electrons. The van der Waals surface area contributed by atoms with Crippen LogP contribution in [0.3, 0.4) is 0 Å². The molecule has 2 atom stereocenters. The third-order valence-electron chi connectivity index (χ3n) is 3.31. The van der Waals surface area contributed by atoms with Crippen LogP contribution in [0.15, 0.2) is 18.0 Å². The average molecular weight is 336 g/mol. The number of hydrogen-bond acceptors (Lipinski definition) is 6. The first-order chi connectivity index (χ1) is 10.9. The molecule has 1 unspecified atom stereocenters. The highest BCUT2D eigenvalue weighted by Gasteiger charge is 2.36. The number of halogens is 4. The molecule has 1 heterocycles. The van der Waals surface area contributed by atoms with Gasteiger partial charge in [-0.1, -0.05) is 0 Å². The molecule has 0 saturated carbocycles. The van der Waals surface area contributed by atoms with E-state index in [1.54, 1.807) is 6.08 Å². The van der Waals surface area contributed by atoms with Crippen LogP contribution in [0.5, 0.6) is 0 Å². The molecule has 1 aliphatic carbocycles. The number of nitrogens with one attached hydrogen (secondary N) is 2. The topological polar surface area (TPSA) is 79.3 Å². The lowest BCUT2D eigenvalue weighted by Crippen LogP contribution is -2.39. The highest BCUT2D eigenvalue weighted by atomic mass is 19.4. The molecule has 0 aromatic carbocycles. The molecule has 0 saturated heterocycles. The molecule has 0 aliphatic heterocycles. The highest BCUT2D eigenvalue weighted by Crippen LogP contribution is 2.34. The second kappa shape index (κ2) is 7.09. The Bertz CT molecular complexity index is 580. The lowest BCUT2D eigenvalue weighted by molar-refractivity contribution is -0.137. The minimum absolute atomic E-state index is 0.0454. The van der Waals surface area contributed by atoms with Crippen molar-refractivity contribution in [3.63, 3.8) is 0 Å². The van der Waals surface area contributed by atoms with Crippen LogP contribution in [0.25, 0.3) is 0 Å². The number of alkyl halides is 4. The van der Waals surface area contributed by atoms with Gasteiger partial charge in [0.1, 0.15) is 18.1 Å². The molecular weight excluding hydrogens is 320 g/mol. The van der Waals surface area contributed by atoms with Gasteiger partial charge in [0.15, 0.2) is 0 Å². The maximum absolute atomic E-state index is 12.8. The van der Waals surface area contributed by atoms with Gasteiger partial charge < -0.3 is 20.5 Å². The van der Waals surface area contributed by atoms with Crippen molar-refractivity contribution in [3.05, 3.63) is 23.5 Å². The summed E-state index contributed by atoms with van der Waals surface area (Å²) >= 11 is 0. The van der Waals surface area contributed by atoms with Gasteiger partial charge in [0.2, 0.25) is 5.95 Å². The zero-order valence-electron chi connectivity index (χ0n) is 12.2. The standard InChI is InChI=1S/C13H16F4N4O2/c1-18-11-8(13(15,16)17)5-19-12(21-11)20-9-4-10(7(9)6-22)23-3-2-14/h4-5,7,10,22H,2-3,6H2,1H3,(H2,18,19,20,21)/t7-,10?/m0/s1. The number of nitrogens with zero attached hydrogens (tertiary/aromatic N) is 2. The quantitative estimate of drug-likeness (QED) is 0.659. The Balaban J connectivity index is 2.12. The van der Waals surface area contributed by atoms with Crippen LogP contribution >= 0.6 is 0 Å². The lowest BCUT2D eigenvalue weighted by atomic mass is 9.87. The SMILES string of the molecule is CNc1nc(NC2=CC(OCCF)[C@H]2CO)ncc1C(F)(F)F. The smallest absolute Gasteiger partial charge is 0.396 e. The highest BCUT2D eigenvalue weighted by molar-refractivity contribution is 5.51. The molecule has 1 aromatic heterocycles. The van der Waals surface area contributed by atoms with Gasteiger partial charge in [-0.3, -0.25) is 0 Å². The van der Waals surface area contributed by atoms with Gasteiger partial charge in [-0.2, -0.15) is 18.2 Å². The van der Waals surface area contributed by atoms with Crippen LogP contribution in [-0.2, 0) is 10.9 Å². The molecule has 0 bridgehead atoms. The summed E-state index contributed by atoms with van der Waals surface area (Å²) in [5.41, 5.74) is -0.464. The van der Waals surface area contributed by atoms with Crippen molar-refractivity contribution in [2.75, 3.05) is 37.6 Å². The van der Waals surface area contributed by atoms with Crippen LogP contribution in [-0.4, -0.2) is 48.1 Å². The van der Waals surface area contributed by atoms with Gasteiger partial charge in [0, 0.05) is 18.9 Å². The number of aliphatic hydroxyl groups is 1. The normalized spacial score (nSPS) is 20.7. The molecule has 6 nitrogen and oxygen atoms in total. The predicted octanol–water partition coefficient (Wildman–Crippen LogP) is 1.81. The largest absolute Gasteiger partial charge is 0.421 e. The van der Waals surface area contributed by atoms with Gasteiger partial charge in [0.05, 0.1) is 25.2 Å². The number of ether oxygens (including phenoxy) is 1. The Kier molecular flexibility index (Phi) is 5.37. The van der Waals surface area contributed by atoms with E-state index in [-0.39, 0.29) is 25.0 Å². The minimum Gasteiger partial charge on any atom is -0.396 e. The van der Waals surface area contributed by atoms with Gasteiger partial charge in [-0.15, -0.1) is 0 Å². The Hall–Kier alpha value is -1.94. The Morgan fingerprint density at radius 1 is 1.39 bits per heavy atom. The molecule has 3 N–H and O–H groups in total. The molecule has 0 amide bonds. The van der Waals surface area contributed by atoms with Gasteiger partial charge in [-0.25, -0.2) is 9.37 Å². The van der Waals surface area contributed by atoms with E-state index in [0.717, 1.165) is 0 Å². The molecule has 10 heteroatoms. The van der Waals surface area contributed by atoms with E-state index in [9.17, 15) is 22.7 Å². The van der Waals surface area contributed by atoms with Crippen LogP contribution in [0.2, 0.25) is 0 Å². The number of anilines is 2. The minimum atomic E-state index is -4.56. The molecule has 0 fully saturated rings. The Labute approximate surface area is 129 Å². The third kappa shape index (κ3) is 3.88. The monoisotopic (exact) mass is 336 g/mol. The fourth-order valence-corrected chi connectivity index (χ4v) is 2.13. The summed E-state index contributed by atoms with van der Waals surface area (Å²) in [6.45, 7) is -0.986. The Morgan fingerprint density at radius 3 is 2.70 bits per heavy atom. The van der Waals surface area contributed by atoms with Gasteiger partial charge >= 0.3 is 6.18 Å². The van der Waals surface area contributed by atoms with Crippen molar-refractivity contribution in [2.24, 2.45) is 5.92 Å². The van der Waals surface area contributed by atoms with Crippen LogP contribution in [0.4, 0.5) is 29.3 Å². The molecular formula is C13H16F4N4O2. The summed E-state index contributed by atoms with van der Waals surface area (Å²) in [6.07, 6.45) is -2.75. The lowest BCUT2D eigenvalue weighted by Gasteiger charge is -2.34. The van der Waals surface area contributed by atoms with E-state index < -0.39 is 30.4 Å². The maximum Gasteiger partial charge on any atom is 0.421 e. The van der Waals surface area contributed by atoms with E-state index >= 15 is 0 Å². The molecule has 23 heavy (non-hydrogen) atoms. The number of aromatic nitrogens is 2. The van der Waals surface area contributed by atoms with Crippen molar-refractivity contribution >= 4 is 11.8 Å².